The number of amides is 1. The van der Waals surface area contributed by atoms with Crippen molar-refractivity contribution < 1.29 is 4.79 Å². The van der Waals surface area contributed by atoms with Crippen molar-refractivity contribution in [3.63, 3.8) is 0 Å². The lowest BCUT2D eigenvalue weighted by molar-refractivity contribution is 0.0955. The zero-order chi connectivity index (χ0) is 16.9. The summed E-state index contributed by atoms with van der Waals surface area (Å²) in [4.78, 5) is 21.8. The lowest BCUT2D eigenvalue weighted by Crippen LogP contribution is -2.31. The number of nitrogens with zero attached hydrogens (tertiary/aromatic N) is 2. The molecule has 0 aliphatic rings. The van der Waals surface area contributed by atoms with Gasteiger partial charge in [-0.05, 0) is 23.8 Å². The number of nitrogens with one attached hydrogen (secondary N) is 1. The van der Waals surface area contributed by atoms with Crippen molar-refractivity contribution in [3.05, 3.63) is 65.2 Å². The number of carbonyl (C=O) groups is 1. The fourth-order valence-corrected chi connectivity index (χ4v) is 3.11. The number of nitrogens with two attached hydrogens (primary N) is 2. The van der Waals surface area contributed by atoms with E-state index >= 15 is 0 Å². The normalized spacial score (nSPS) is 11.9. The summed E-state index contributed by atoms with van der Waals surface area (Å²) in [6.45, 7) is 0.372. The number of thiophene rings is 1. The van der Waals surface area contributed by atoms with E-state index in [1.165, 1.54) is 11.3 Å². The molecule has 0 aliphatic carbocycles. The highest BCUT2D eigenvalue weighted by Crippen LogP contribution is 2.26. The Kier molecular flexibility index (Phi) is 4.83. The fraction of sp³-hybridized carbons (Fsp3) is 0.118. The monoisotopic (exact) mass is 339 g/mol. The highest BCUT2D eigenvalue weighted by molar-refractivity contribution is 7.17. The highest BCUT2D eigenvalue weighted by atomic mass is 32.1. The van der Waals surface area contributed by atoms with Gasteiger partial charge in [-0.3, -0.25) is 4.79 Å². The van der Waals surface area contributed by atoms with Gasteiger partial charge in [0, 0.05) is 18.8 Å². The predicted molar refractivity (Wildman–Crippen MR) is 95.5 cm³/mol. The zero-order valence-corrected chi connectivity index (χ0v) is 13.7. The Morgan fingerprint density at radius 3 is 2.71 bits per heavy atom. The van der Waals surface area contributed by atoms with Gasteiger partial charge in [-0.2, -0.15) is 0 Å². The van der Waals surface area contributed by atoms with Gasteiger partial charge in [0.2, 0.25) is 5.95 Å². The second-order valence-corrected chi connectivity index (χ2v) is 6.27. The van der Waals surface area contributed by atoms with Gasteiger partial charge >= 0.3 is 0 Å². The highest BCUT2D eigenvalue weighted by Gasteiger charge is 2.13. The van der Waals surface area contributed by atoms with Crippen LogP contribution in [0, 0.1) is 0 Å². The minimum Gasteiger partial charge on any atom is -0.368 e. The number of anilines is 1. The Hall–Kier alpha value is -2.77. The molecular weight excluding hydrogens is 322 g/mol. The van der Waals surface area contributed by atoms with Gasteiger partial charge in [-0.1, -0.05) is 30.3 Å². The maximum atomic E-state index is 12.3. The van der Waals surface area contributed by atoms with E-state index < -0.39 is 0 Å². The molecule has 2 aromatic heterocycles. The van der Waals surface area contributed by atoms with Crippen LogP contribution in [0.1, 0.15) is 21.3 Å². The molecule has 122 valence electrons. The van der Waals surface area contributed by atoms with Crippen molar-refractivity contribution in [2.24, 2.45) is 5.73 Å². The van der Waals surface area contributed by atoms with Crippen molar-refractivity contribution in [2.75, 3.05) is 12.3 Å². The molecule has 3 aromatic rings. The molecule has 7 heteroatoms. The third-order valence-corrected chi connectivity index (χ3v) is 4.57. The topological polar surface area (TPSA) is 107 Å². The van der Waals surface area contributed by atoms with Gasteiger partial charge in [0.25, 0.3) is 5.91 Å². The SMILES string of the molecule is Nc1nccc(-c2ccc(C(=O)NCC(N)c3ccccc3)s2)n1. The van der Waals surface area contributed by atoms with Crippen LogP contribution in [0.5, 0.6) is 0 Å². The van der Waals surface area contributed by atoms with Gasteiger partial charge in [-0.15, -0.1) is 11.3 Å². The molecule has 0 bridgehead atoms. The molecule has 2 heterocycles. The number of benzene rings is 1. The van der Waals surface area contributed by atoms with Crippen LogP contribution in [-0.2, 0) is 0 Å². The molecule has 1 atom stereocenters. The quantitative estimate of drug-likeness (QED) is 0.661. The lowest BCUT2D eigenvalue weighted by atomic mass is 10.1. The van der Waals surface area contributed by atoms with Crippen LogP contribution in [0.2, 0.25) is 0 Å². The van der Waals surface area contributed by atoms with E-state index in [9.17, 15) is 4.79 Å². The molecule has 0 radical (unpaired) electrons. The van der Waals surface area contributed by atoms with Crippen molar-refractivity contribution in [3.8, 4) is 10.6 Å². The summed E-state index contributed by atoms with van der Waals surface area (Å²) in [6.07, 6.45) is 1.59. The summed E-state index contributed by atoms with van der Waals surface area (Å²) in [5, 5.41) is 2.86. The molecule has 0 spiro atoms. The smallest absolute Gasteiger partial charge is 0.261 e. The third-order valence-electron chi connectivity index (χ3n) is 3.47. The van der Waals surface area contributed by atoms with E-state index in [2.05, 4.69) is 15.3 Å². The standard InChI is InChI=1S/C17H17N5OS/c18-12(11-4-2-1-3-5-11)10-21-16(23)15-7-6-14(24-15)13-8-9-20-17(19)22-13/h1-9,12H,10,18H2,(H,21,23)(H2,19,20,22). The van der Waals surface area contributed by atoms with Crippen molar-refractivity contribution in [1.82, 2.24) is 15.3 Å². The molecule has 1 unspecified atom stereocenters. The molecule has 0 aliphatic heterocycles. The molecule has 1 amide bonds. The molecule has 0 saturated carbocycles. The number of aromatic nitrogens is 2. The van der Waals surface area contributed by atoms with Crippen LogP contribution < -0.4 is 16.8 Å². The Labute approximate surface area is 143 Å². The van der Waals surface area contributed by atoms with Crippen LogP contribution in [0.3, 0.4) is 0 Å². The minimum absolute atomic E-state index is 0.153. The van der Waals surface area contributed by atoms with Crippen LogP contribution in [0.15, 0.2) is 54.7 Å². The second-order valence-electron chi connectivity index (χ2n) is 5.19. The summed E-state index contributed by atoms with van der Waals surface area (Å²) in [6, 6.07) is 14.8. The van der Waals surface area contributed by atoms with Gasteiger partial charge in [0.05, 0.1) is 15.4 Å². The molecule has 5 N–H and O–H groups in total. The maximum absolute atomic E-state index is 12.3. The third kappa shape index (κ3) is 3.76. The van der Waals surface area contributed by atoms with Gasteiger partial charge in [0.1, 0.15) is 0 Å². The predicted octanol–water partition coefficient (Wildman–Crippen LogP) is 2.22. The molecule has 1 aromatic carbocycles. The van der Waals surface area contributed by atoms with Crippen LogP contribution in [-0.4, -0.2) is 22.4 Å². The lowest BCUT2D eigenvalue weighted by Gasteiger charge is -2.12. The van der Waals surface area contributed by atoms with Crippen molar-refractivity contribution >= 4 is 23.2 Å². The average Bonchev–Trinajstić information content (AvgIpc) is 3.10. The van der Waals surface area contributed by atoms with E-state index in [-0.39, 0.29) is 17.9 Å². The van der Waals surface area contributed by atoms with E-state index in [1.54, 1.807) is 18.3 Å². The summed E-state index contributed by atoms with van der Waals surface area (Å²) in [7, 11) is 0. The van der Waals surface area contributed by atoms with Crippen LogP contribution in [0.25, 0.3) is 10.6 Å². The van der Waals surface area contributed by atoms with Gasteiger partial charge < -0.3 is 16.8 Å². The largest absolute Gasteiger partial charge is 0.368 e. The number of carbonyl (C=O) groups excluding carboxylic acids is 1. The Bertz CT molecular complexity index is 834. The summed E-state index contributed by atoms with van der Waals surface area (Å²) >= 11 is 1.35. The first-order valence-electron chi connectivity index (χ1n) is 7.41. The molecule has 6 nitrogen and oxygen atoms in total. The van der Waals surface area contributed by atoms with Crippen LogP contribution in [0.4, 0.5) is 5.95 Å². The summed E-state index contributed by atoms with van der Waals surface area (Å²) in [5.41, 5.74) is 13.4. The minimum atomic E-state index is -0.240. The second kappa shape index (κ2) is 7.20. The van der Waals surface area contributed by atoms with Gasteiger partial charge in [0.15, 0.2) is 0 Å². The Morgan fingerprint density at radius 2 is 1.96 bits per heavy atom. The molecule has 0 fully saturated rings. The first-order chi connectivity index (χ1) is 11.6. The zero-order valence-electron chi connectivity index (χ0n) is 12.8. The van der Waals surface area contributed by atoms with Crippen LogP contribution >= 0.6 is 11.3 Å². The fourth-order valence-electron chi connectivity index (χ4n) is 2.22. The maximum Gasteiger partial charge on any atom is 0.261 e. The number of nitrogen functional groups attached to an aromatic ring is 1. The first kappa shape index (κ1) is 16.1. The average molecular weight is 339 g/mol. The van der Waals surface area contributed by atoms with Crippen molar-refractivity contribution in [2.45, 2.75) is 6.04 Å². The molecule has 3 rings (SSSR count). The van der Waals surface area contributed by atoms with E-state index in [0.29, 0.717) is 17.1 Å². The van der Waals surface area contributed by atoms with Crippen molar-refractivity contribution in [1.29, 1.82) is 0 Å². The number of hydrogen-bond acceptors (Lipinski definition) is 6. The van der Waals surface area contributed by atoms with E-state index in [0.717, 1.165) is 10.4 Å². The number of hydrogen-bond donors (Lipinski definition) is 3. The molecular formula is C17H17N5OS. The Morgan fingerprint density at radius 1 is 1.17 bits per heavy atom. The molecule has 0 saturated heterocycles. The molecule has 24 heavy (non-hydrogen) atoms. The summed E-state index contributed by atoms with van der Waals surface area (Å²) in [5.74, 6) is 0.0559. The first-order valence-corrected chi connectivity index (χ1v) is 8.22. The summed E-state index contributed by atoms with van der Waals surface area (Å²) < 4.78 is 0. The van der Waals surface area contributed by atoms with E-state index in [1.807, 2.05) is 36.4 Å². The number of rotatable bonds is 5. The van der Waals surface area contributed by atoms with E-state index in [4.69, 9.17) is 11.5 Å². The van der Waals surface area contributed by atoms with Gasteiger partial charge in [-0.25, -0.2) is 9.97 Å². The Balaban J connectivity index is 1.64.